The standard InChI is InChI=1S/C24H30FN5O4/c1-16-11-27(7-8-29(16)24(33)30-6-4-21(26-30)23(31)32)12-18-2-3-20(25)10-22(18)28-13-17-5-9-34-15-19(17)14-28/h2-4,6,10,16-17,19H,5,7-9,11-15H2,1H3,(H,31,32). The summed E-state index contributed by atoms with van der Waals surface area (Å²) in [6, 6.07) is 5.96. The topological polar surface area (TPSA) is 91.1 Å². The summed E-state index contributed by atoms with van der Waals surface area (Å²) in [5, 5.41) is 12.9. The van der Waals surface area contributed by atoms with Gasteiger partial charge in [0.2, 0.25) is 0 Å². The summed E-state index contributed by atoms with van der Waals surface area (Å²) in [5.74, 6) is -0.287. The molecule has 1 aromatic carbocycles. The number of halogens is 1. The van der Waals surface area contributed by atoms with E-state index < -0.39 is 5.97 Å². The van der Waals surface area contributed by atoms with Crippen LogP contribution in [0.1, 0.15) is 29.4 Å². The molecule has 34 heavy (non-hydrogen) atoms. The van der Waals surface area contributed by atoms with E-state index in [4.69, 9.17) is 9.84 Å². The van der Waals surface area contributed by atoms with Crippen LogP contribution >= 0.6 is 0 Å². The summed E-state index contributed by atoms with van der Waals surface area (Å²) >= 11 is 0. The number of hydrogen-bond acceptors (Lipinski definition) is 6. The van der Waals surface area contributed by atoms with E-state index in [9.17, 15) is 14.0 Å². The second-order valence-electron chi connectivity index (χ2n) is 9.57. The predicted molar refractivity (Wildman–Crippen MR) is 122 cm³/mol. The van der Waals surface area contributed by atoms with Crippen molar-refractivity contribution in [3.05, 3.63) is 47.5 Å². The molecule has 3 aliphatic heterocycles. The van der Waals surface area contributed by atoms with Crippen LogP contribution in [0.5, 0.6) is 0 Å². The lowest BCUT2D eigenvalue weighted by Crippen LogP contribution is -2.54. The molecule has 10 heteroatoms. The third kappa shape index (κ3) is 4.52. The first-order valence-electron chi connectivity index (χ1n) is 11.8. The molecule has 0 saturated carbocycles. The lowest BCUT2D eigenvalue weighted by atomic mass is 9.92. The SMILES string of the molecule is CC1CN(Cc2ccc(F)cc2N2CC3CCOCC3C2)CCN1C(=O)n1ccc(C(=O)O)n1. The van der Waals surface area contributed by atoms with Gasteiger partial charge in [-0.3, -0.25) is 4.90 Å². The number of carbonyl (C=O) groups is 2. The lowest BCUT2D eigenvalue weighted by molar-refractivity contribution is 0.0373. The highest BCUT2D eigenvalue weighted by atomic mass is 19.1. The minimum Gasteiger partial charge on any atom is -0.476 e. The number of carbonyl (C=O) groups excluding carboxylic acids is 1. The number of nitrogens with zero attached hydrogens (tertiary/aromatic N) is 5. The van der Waals surface area contributed by atoms with E-state index in [1.54, 1.807) is 11.0 Å². The Labute approximate surface area is 197 Å². The molecule has 182 valence electrons. The molecule has 1 amide bonds. The predicted octanol–water partition coefficient (Wildman–Crippen LogP) is 2.37. The summed E-state index contributed by atoms with van der Waals surface area (Å²) in [6.45, 7) is 7.90. The number of aromatic nitrogens is 2. The maximum atomic E-state index is 14.2. The average Bonchev–Trinajstić information content (AvgIpc) is 3.48. The van der Waals surface area contributed by atoms with Crippen molar-refractivity contribution < 1.29 is 23.8 Å². The van der Waals surface area contributed by atoms with Gasteiger partial charge in [0, 0.05) is 69.7 Å². The van der Waals surface area contributed by atoms with Crippen LogP contribution in [0, 0.1) is 17.7 Å². The van der Waals surface area contributed by atoms with Crippen LogP contribution in [0.25, 0.3) is 0 Å². The highest BCUT2D eigenvalue weighted by molar-refractivity contribution is 5.86. The summed E-state index contributed by atoms with van der Waals surface area (Å²) in [7, 11) is 0. The second-order valence-corrected chi connectivity index (χ2v) is 9.57. The fourth-order valence-corrected chi connectivity index (χ4v) is 5.46. The number of hydrogen-bond donors (Lipinski definition) is 1. The number of carboxylic acids is 1. The fraction of sp³-hybridized carbons (Fsp3) is 0.542. The summed E-state index contributed by atoms with van der Waals surface area (Å²) in [6.07, 6.45) is 2.44. The molecular weight excluding hydrogens is 441 g/mol. The van der Waals surface area contributed by atoms with Crippen LogP contribution in [0.15, 0.2) is 30.5 Å². The molecule has 0 radical (unpaired) electrons. The molecule has 1 N–H and O–H groups in total. The number of rotatable bonds is 4. The number of carboxylic acid groups (broad SMARTS) is 1. The highest BCUT2D eigenvalue weighted by Gasteiger charge is 2.36. The highest BCUT2D eigenvalue weighted by Crippen LogP contribution is 2.35. The number of amides is 1. The van der Waals surface area contributed by atoms with E-state index in [2.05, 4.69) is 14.9 Å². The monoisotopic (exact) mass is 471 g/mol. The summed E-state index contributed by atoms with van der Waals surface area (Å²) in [4.78, 5) is 30.2. The Hall–Kier alpha value is -2.98. The van der Waals surface area contributed by atoms with E-state index in [0.717, 1.165) is 48.7 Å². The van der Waals surface area contributed by atoms with E-state index in [-0.39, 0.29) is 23.6 Å². The average molecular weight is 472 g/mol. The Morgan fingerprint density at radius 3 is 2.74 bits per heavy atom. The molecule has 3 unspecified atom stereocenters. The van der Waals surface area contributed by atoms with Crippen LogP contribution in [-0.2, 0) is 11.3 Å². The van der Waals surface area contributed by atoms with Gasteiger partial charge in [-0.15, -0.1) is 0 Å². The van der Waals surface area contributed by atoms with Crippen molar-refractivity contribution in [3.63, 3.8) is 0 Å². The van der Waals surface area contributed by atoms with Crippen molar-refractivity contribution in [1.29, 1.82) is 0 Å². The first kappa shape index (κ1) is 22.8. The smallest absolute Gasteiger partial charge is 0.356 e. The van der Waals surface area contributed by atoms with Crippen molar-refractivity contribution in [2.75, 3.05) is 50.8 Å². The van der Waals surface area contributed by atoms with E-state index >= 15 is 0 Å². The number of ether oxygens (including phenoxy) is 1. The Morgan fingerprint density at radius 1 is 1.18 bits per heavy atom. The zero-order valence-electron chi connectivity index (χ0n) is 19.3. The maximum absolute atomic E-state index is 14.2. The zero-order valence-corrected chi connectivity index (χ0v) is 19.3. The van der Waals surface area contributed by atoms with E-state index in [1.807, 2.05) is 13.0 Å². The van der Waals surface area contributed by atoms with Gasteiger partial charge in [-0.05, 0) is 43.0 Å². The van der Waals surface area contributed by atoms with Gasteiger partial charge in [0.25, 0.3) is 0 Å². The minimum absolute atomic E-state index is 0.0746. The molecule has 4 heterocycles. The van der Waals surface area contributed by atoms with Gasteiger partial charge in [0.15, 0.2) is 5.69 Å². The van der Waals surface area contributed by atoms with Crippen molar-refractivity contribution in [2.24, 2.45) is 11.8 Å². The molecule has 3 aliphatic rings. The number of piperazine rings is 1. The Balaban J connectivity index is 1.25. The van der Waals surface area contributed by atoms with Gasteiger partial charge in [0.05, 0.1) is 6.61 Å². The van der Waals surface area contributed by atoms with Crippen molar-refractivity contribution in [3.8, 4) is 0 Å². The first-order chi connectivity index (χ1) is 16.4. The number of aromatic carboxylic acids is 1. The van der Waals surface area contributed by atoms with Crippen molar-refractivity contribution >= 4 is 17.7 Å². The molecule has 9 nitrogen and oxygen atoms in total. The first-order valence-corrected chi connectivity index (χ1v) is 11.8. The Morgan fingerprint density at radius 2 is 2.00 bits per heavy atom. The third-order valence-electron chi connectivity index (χ3n) is 7.28. The molecule has 1 aromatic heterocycles. The van der Waals surface area contributed by atoms with Crippen LogP contribution in [0.3, 0.4) is 0 Å². The van der Waals surface area contributed by atoms with E-state index in [1.165, 1.54) is 18.3 Å². The van der Waals surface area contributed by atoms with Gasteiger partial charge in [-0.1, -0.05) is 6.07 Å². The second kappa shape index (κ2) is 9.34. The molecular formula is C24H30FN5O4. The minimum atomic E-state index is -1.16. The maximum Gasteiger partial charge on any atom is 0.356 e. The Bertz CT molecular complexity index is 1060. The molecule has 0 aliphatic carbocycles. The molecule has 0 bridgehead atoms. The van der Waals surface area contributed by atoms with Crippen LogP contribution in [0.4, 0.5) is 14.9 Å². The summed E-state index contributed by atoms with van der Waals surface area (Å²) < 4.78 is 21.0. The number of benzene rings is 1. The fourth-order valence-electron chi connectivity index (χ4n) is 5.46. The largest absolute Gasteiger partial charge is 0.476 e. The van der Waals surface area contributed by atoms with Gasteiger partial charge < -0.3 is 19.6 Å². The van der Waals surface area contributed by atoms with Crippen LogP contribution in [-0.4, -0.2) is 88.7 Å². The number of anilines is 1. The zero-order chi connectivity index (χ0) is 23.8. The van der Waals surface area contributed by atoms with Gasteiger partial charge >= 0.3 is 12.0 Å². The van der Waals surface area contributed by atoms with Crippen LogP contribution < -0.4 is 4.90 Å². The van der Waals surface area contributed by atoms with Gasteiger partial charge in [0.1, 0.15) is 5.82 Å². The molecule has 2 aromatic rings. The summed E-state index contributed by atoms with van der Waals surface area (Å²) in [5.41, 5.74) is 1.89. The van der Waals surface area contributed by atoms with Gasteiger partial charge in [-0.25, -0.2) is 14.0 Å². The van der Waals surface area contributed by atoms with Gasteiger partial charge in [-0.2, -0.15) is 9.78 Å². The van der Waals surface area contributed by atoms with Crippen molar-refractivity contribution in [1.82, 2.24) is 19.6 Å². The van der Waals surface area contributed by atoms with Crippen molar-refractivity contribution in [2.45, 2.75) is 25.9 Å². The lowest BCUT2D eigenvalue weighted by Gasteiger charge is -2.40. The Kier molecular flexibility index (Phi) is 6.26. The quantitative estimate of drug-likeness (QED) is 0.732. The third-order valence-corrected chi connectivity index (χ3v) is 7.28. The molecule has 5 rings (SSSR count). The molecule has 3 atom stereocenters. The molecule has 0 spiro atoms. The van der Waals surface area contributed by atoms with Crippen LogP contribution in [0.2, 0.25) is 0 Å². The van der Waals surface area contributed by atoms with E-state index in [0.29, 0.717) is 38.0 Å². The normalized spacial score (nSPS) is 25.4. The molecule has 3 fully saturated rings. The molecule has 3 saturated heterocycles. The number of fused-ring (bicyclic) bond motifs is 1.